The number of hydrogen-bond donors (Lipinski definition) is 1. The van der Waals surface area contributed by atoms with Gasteiger partial charge >= 0.3 is 0 Å². The van der Waals surface area contributed by atoms with E-state index in [1.807, 2.05) is 12.1 Å². The molecule has 1 saturated heterocycles. The highest BCUT2D eigenvalue weighted by Crippen LogP contribution is 2.26. The van der Waals surface area contributed by atoms with Gasteiger partial charge in [0.25, 0.3) is 0 Å². The molecule has 0 bridgehead atoms. The molecule has 0 aromatic heterocycles. The zero-order chi connectivity index (χ0) is 15.1. The summed E-state index contributed by atoms with van der Waals surface area (Å²) in [6.45, 7) is 6.61. The van der Waals surface area contributed by atoms with E-state index in [0.29, 0.717) is 6.04 Å². The molecule has 0 aliphatic carbocycles. The van der Waals surface area contributed by atoms with Gasteiger partial charge in [0.1, 0.15) is 11.5 Å². The molecular formula is C17H28N2O2. The minimum Gasteiger partial charge on any atom is -0.497 e. The van der Waals surface area contributed by atoms with Crippen molar-refractivity contribution in [2.24, 2.45) is 0 Å². The van der Waals surface area contributed by atoms with E-state index in [0.717, 1.165) is 37.7 Å². The van der Waals surface area contributed by atoms with Crippen molar-refractivity contribution in [2.45, 2.75) is 38.8 Å². The quantitative estimate of drug-likeness (QED) is 0.838. The molecule has 1 aromatic rings. The van der Waals surface area contributed by atoms with Gasteiger partial charge in [0, 0.05) is 24.2 Å². The maximum Gasteiger partial charge on any atom is 0.127 e. The molecule has 2 rings (SSSR count). The van der Waals surface area contributed by atoms with Gasteiger partial charge in [-0.25, -0.2) is 0 Å². The second-order valence-electron chi connectivity index (χ2n) is 5.68. The van der Waals surface area contributed by atoms with Gasteiger partial charge in [-0.2, -0.15) is 0 Å². The van der Waals surface area contributed by atoms with Gasteiger partial charge in [-0.3, -0.25) is 4.90 Å². The van der Waals surface area contributed by atoms with Crippen LogP contribution in [0, 0.1) is 0 Å². The Morgan fingerprint density at radius 1 is 1.19 bits per heavy atom. The number of likely N-dealkylation sites (tertiary alicyclic amines) is 1. The standard InChI is InChI=1S/C17H28N2O2/c1-4-9-18-15-7-10-19(11-8-15)13-14-5-6-16(20-2)12-17(14)21-3/h5-6,12,15,18H,4,7-11,13H2,1-3H3. The molecular weight excluding hydrogens is 264 g/mol. The van der Waals surface area contributed by atoms with E-state index in [-0.39, 0.29) is 0 Å². The van der Waals surface area contributed by atoms with Crippen molar-refractivity contribution < 1.29 is 9.47 Å². The normalized spacial score (nSPS) is 16.9. The van der Waals surface area contributed by atoms with E-state index in [2.05, 4.69) is 23.2 Å². The zero-order valence-electron chi connectivity index (χ0n) is 13.5. The van der Waals surface area contributed by atoms with Gasteiger partial charge in [-0.05, 0) is 45.0 Å². The van der Waals surface area contributed by atoms with Crippen LogP contribution < -0.4 is 14.8 Å². The van der Waals surface area contributed by atoms with Crippen molar-refractivity contribution >= 4 is 0 Å². The molecule has 0 unspecified atom stereocenters. The maximum absolute atomic E-state index is 5.48. The van der Waals surface area contributed by atoms with Crippen LogP contribution in [-0.4, -0.2) is 44.8 Å². The molecule has 4 nitrogen and oxygen atoms in total. The molecule has 1 heterocycles. The van der Waals surface area contributed by atoms with Crippen LogP contribution >= 0.6 is 0 Å². The molecule has 21 heavy (non-hydrogen) atoms. The number of nitrogens with zero attached hydrogens (tertiary/aromatic N) is 1. The third-order valence-electron chi connectivity index (χ3n) is 4.16. The minimum atomic E-state index is 0.693. The number of rotatable bonds is 7. The lowest BCUT2D eigenvalue weighted by atomic mass is 10.0. The molecule has 118 valence electrons. The molecule has 1 aliphatic rings. The van der Waals surface area contributed by atoms with Crippen LogP contribution in [0.3, 0.4) is 0 Å². The summed E-state index contributed by atoms with van der Waals surface area (Å²) >= 11 is 0. The summed E-state index contributed by atoms with van der Waals surface area (Å²) in [6.07, 6.45) is 3.68. The van der Waals surface area contributed by atoms with Gasteiger partial charge in [0.2, 0.25) is 0 Å². The van der Waals surface area contributed by atoms with Crippen molar-refractivity contribution in [1.82, 2.24) is 10.2 Å². The summed E-state index contributed by atoms with van der Waals surface area (Å²) in [5.41, 5.74) is 1.23. The van der Waals surface area contributed by atoms with Crippen LogP contribution in [0.1, 0.15) is 31.7 Å². The lowest BCUT2D eigenvalue weighted by molar-refractivity contribution is 0.189. The van der Waals surface area contributed by atoms with Crippen molar-refractivity contribution in [3.05, 3.63) is 23.8 Å². The Morgan fingerprint density at radius 3 is 2.57 bits per heavy atom. The first-order chi connectivity index (χ1) is 10.3. The Hall–Kier alpha value is -1.26. The number of benzene rings is 1. The van der Waals surface area contributed by atoms with Crippen molar-refractivity contribution in [3.8, 4) is 11.5 Å². The van der Waals surface area contributed by atoms with E-state index in [9.17, 15) is 0 Å². The summed E-state index contributed by atoms with van der Waals surface area (Å²) in [5, 5.41) is 3.63. The third-order valence-corrected chi connectivity index (χ3v) is 4.16. The number of hydrogen-bond acceptors (Lipinski definition) is 4. The molecule has 1 N–H and O–H groups in total. The summed E-state index contributed by atoms with van der Waals surface area (Å²) in [5.74, 6) is 1.76. The second-order valence-corrected chi connectivity index (χ2v) is 5.68. The van der Waals surface area contributed by atoms with Crippen molar-refractivity contribution in [1.29, 1.82) is 0 Å². The lowest BCUT2D eigenvalue weighted by Gasteiger charge is -2.32. The van der Waals surface area contributed by atoms with Crippen LogP contribution in [-0.2, 0) is 6.54 Å². The zero-order valence-corrected chi connectivity index (χ0v) is 13.5. The van der Waals surface area contributed by atoms with Crippen LogP contribution in [0.25, 0.3) is 0 Å². The summed E-state index contributed by atoms with van der Waals surface area (Å²) in [7, 11) is 3.40. The van der Waals surface area contributed by atoms with Crippen LogP contribution in [0.15, 0.2) is 18.2 Å². The Balaban J connectivity index is 1.88. The molecule has 1 aromatic carbocycles. The van der Waals surface area contributed by atoms with E-state index in [1.54, 1.807) is 14.2 Å². The largest absolute Gasteiger partial charge is 0.497 e. The Morgan fingerprint density at radius 2 is 1.95 bits per heavy atom. The summed E-state index contributed by atoms with van der Waals surface area (Å²) in [6, 6.07) is 6.77. The fraction of sp³-hybridized carbons (Fsp3) is 0.647. The number of nitrogens with one attached hydrogen (secondary N) is 1. The van der Waals surface area contributed by atoms with E-state index in [1.165, 1.54) is 24.8 Å². The molecule has 0 atom stereocenters. The fourth-order valence-electron chi connectivity index (χ4n) is 2.87. The first kappa shape index (κ1) is 16.1. The van der Waals surface area contributed by atoms with Gasteiger partial charge < -0.3 is 14.8 Å². The maximum atomic E-state index is 5.48. The van der Waals surface area contributed by atoms with Gasteiger partial charge in [0.05, 0.1) is 14.2 Å². The van der Waals surface area contributed by atoms with Crippen LogP contribution in [0.2, 0.25) is 0 Å². The van der Waals surface area contributed by atoms with E-state index >= 15 is 0 Å². The Bertz CT molecular complexity index is 429. The van der Waals surface area contributed by atoms with Gasteiger partial charge in [-0.15, -0.1) is 0 Å². The Labute approximate surface area is 128 Å². The highest BCUT2D eigenvalue weighted by atomic mass is 16.5. The van der Waals surface area contributed by atoms with Crippen molar-refractivity contribution in [2.75, 3.05) is 33.9 Å². The monoisotopic (exact) mass is 292 g/mol. The summed E-state index contributed by atoms with van der Waals surface area (Å²) < 4.78 is 10.7. The number of ether oxygens (including phenoxy) is 2. The molecule has 1 aliphatic heterocycles. The number of methoxy groups -OCH3 is 2. The average Bonchev–Trinajstić information content (AvgIpc) is 2.54. The van der Waals surface area contributed by atoms with E-state index < -0.39 is 0 Å². The predicted octanol–water partition coefficient (Wildman–Crippen LogP) is 2.67. The van der Waals surface area contributed by atoms with Gasteiger partial charge in [-0.1, -0.05) is 13.0 Å². The first-order valence-electron chi connectivity index (χ1n) is 7.93. The molecule has 0 saturated carbocycles. The fourth-order valence-corrected chi connectivity index (χ4v) is 2.87. The molecule has 0 spiro atoms. The highest BCUT2D eigenvalue weighted by molar-refractivity contribution is 5.40. The van der Waals surface area contributed by atoms with Crippen LogP contribution in [0.5, 0.6) is 11.5 Å². The average molecular weight is 292 g/mol. The van der Waals surface area contributed by atoms with Crippen molar-refractivity contribution in [3.63, 3.8) is 0 Å². The Kier molecular flexibility index (Phi) is 6.33. The smallest absolute Gasteiger partial charge is 0.127 e. The summed E-state index contributed by atoms with van der Waals surface area (Å²) in [4.78, 5) is 2.51. The highest BCUT2D eigenvalue weighted by Gasteiger charge is 2.19. The molecule has 0 amide bonds. The van der Waals surface area contributed by atoms with E-state index in [4.69, 9.17) is 9.47 Å². The topological polar surface area (TPSA) is 33.7 Å². The van der Waals surface area contributed by atoms with Crippen LogP contribution in [0.4, 0.5) is 0 Å². The molecule has 4 heteroatoms. The third kappa shape index (κ3) is 4.61. The molecule has 1 fully saturated rings. The predicted molar refractivity (Wildman–Crippen MR) is 86.1 cm³/mol. The minimum absolute atomic E-state index is 0.693. The molecule has 0 radical (unpaired) electrons. The van der Waals surface area contributed by atoms with Gasteiger partial charge in [0.15, 0.2) is 0 Å². The first-order valence-corrected chi connectivity index (χ1v) is 7.93. The lowest BCUT2D eigenvalue weighted by Crippen LogP contribution is -2.42. The number of piperidine rings is 1. The SMILES string of the molecule is CCCNC1CCN(Cc2ccc(OC)cc2OC)CC1. The second kappa shape index (κ2) is 8.25.